The van der Waals surface area contributed by atoms with Crippen LogP contribution in [0.3, 0.4) is 0 Å². The fourth-order valence-corrected chi connectivity index (χ4v) is 3.30. The van der Waals surface area contributed by atoms with Crippen molar-refractivity contribution in [2.24, 2.45) is 0 Å². The van der Waals surface area contributed by atoms with Crippen molar-refractivity contribution in [2.45, 2.75) is 19.3 Å². The minimum absolute atomic E-state index is 0.000743. The smallest absolute Gasteiger partial charge is 0.170 e. The Morgan fingerprint density at radius 2 is 1.80 bits per heavy atom. The van der Waals surface area contributed by atoms with Gasteiger partial charge in [-0.2, -0.15) is 0 Å². The number of aliphatic hydroxyl groups is 1. The van der Waals surface area contributed by atoms with Gasteiger partial charge in [-0.25, -0.2) is 0 Å². The third-order valence-corrected chi connectivity index (χ3v) is 4.83. The van der Waals surface area contributed by atoms with Gasteiger partial charge in [0.05, 0.1) is 12.8 Å². The van der Waals surface area contributed by atoms with Crippen LogP contribution in [0.15, 0.2) is 57.5 Å². The van der Waals surface area contributed by atoms with Crippen LogP contribution in [0.2, 0.25) is 0 Å². The Balaban J connectivity index is 2.07. The molecule has 0 saturated heterocycles. The molecule has 0 spiro atoms. The first-order valence-electron chi connectivity index (χ1n) is 8.11. The Bertz CT molecular complexity index is 825. The van der Waals surface area contributed by atoms with Crippen molar-refractivity contribution < 1.29 is 14.4 Å². The zero-order valence-corrected chi connectivity index (χ0v) is 15.8. The molecule has 4 nitrogen and oxygen atoms in total. The molecule has 5 heteroatoms. The summed E-state index contributed by atoms with van der Waals surface area (Å²) in [5.41, 5.74) is 3.92. The lowest BCUT2D eigenvalue weighted by Crippen LogP contribution is -2.06. The molecular weight excluding hydrogens is 382 g/mol. The number of aliphatic hydroxyl groups excluding tert-OH is 1. The van der Waals surface area contributed by atoms with E-state index in [0.717, 1.165) is 38.4 Å². The lowest BCUT2D eigenvalue weighted by atomic mass is 9.86. The maximum atomic E-state index is 9.60. The van der Waals surface area contributed by atoms with Crippen LogP contribution in [0.25, 0.3) is 11.3 Å². The summed E-state index contributed by atoms with van der Waals surface area (Å²) in [7, 11) is 1.65. The van der Waals surface area contributed by atoms with Gasteiger partial charge in [-0.05, 0) is 43.2 Å². The summed E-state index contributed by atoms with van der Waals surface area (Å²) in [6.07, 6.45) is 0.595. The average Bonchev–Trinajstić information content (AvgIpc) is 3.02. The number of hydrogen-bond donors (Lipinski definition) is 1. The van der Waals surface area contributed by atoms with E-state index < -0.39 is 0 Å². The first-order chi connectivity index (χ1) is 12.1. The van der Waals surface area contributed by atoms with Crippen LogP contribution in [-0.4, -0.2) is 24.0 Å². The highest BCUT2D eigenvalue weighted by Crippen LogP contribution is 2.38. The van der Waals surface area contributed by atoms with E-state index in [0.29, 0.717) is 6.42 Å². The van der Waals surface area contributed by atoms with Gasteiger partial charge in [0.15, 0.2) is 5.76 Å². The van der Waals surface area contributed by atoms with Crippen molar-refractivity contribution in [3.8, 4) is 17.1 Å². The molecule has 0 fully saturated rings. The highest BCUT2D eigenvalue weighted by atomic mass is 79.9. The van der Waals surface area contributed by atoms with Gasteiger partial charge in [-0.3, -0.25) is 0 Å². The first-order valence-corrected chi connectivity index (χ1v) is 8.90. The summed E-state index contributed by atoms with van der Waals surface area (Å²) in [6.45, 7) is 2.02. The third kappa shape index (κ3) is 3.78. The zero-order chi connectivity index (χ0) is 17.8. The molecule has 2 aromatic carbocycles. The van der Waals surface area contributed by atoms with Gasteiger partial charge in [0.2, 0.25) is 0 Å². The van der Waals surface area contributed by atoms with Crippen LogP contribution in [0.4, 0.5) is 0 Å². The minimum Gasteiger partial charge on any atom is -0.497 e. The van der Waals surface area contributed by atoms with E-state index in [-0.39, 0.29) is 12.5 Å². The fraction of sp³-hybridized carbons (Fsp3) is 0.250. The molecule has 1 unspecified atom stereocenters. The van der Waals surface area contributed by atoms with E-state index in [1.54, 1.807) is 7.11 Å². The number of halogens is 1. The van der Waals surface area contributed by atoms with Gasteiger partial charge in [0.1, 0.15) is 5.75 Å². The molecule has 0 saturated carbocycles. The monoisotopic (exact) mass is 401 g/mol. The second-order valence-corrected chi connectivity index (χ2v) is 6.77. The number of aromatic nitrogens is 1. The molecule has 0 aliphatic heterocycles. The molecule has 0 amide bonds. The fourth-order valence-electron chi connectivity index (χ4n) is 3.04. The van der Waals surface area contributed by atoms with E-state index >= 15 is 0 Å². The summed E-state index contributed by atoms with van der Waals surface area (Å²) in [5.74, 6) is 1.56. The molecule has 3 rings (SSSR count). The van der Waals surface area contributed by atoms with E-state index in [4.69, 9.17) is 9.26 Å². The molecular formula is C20H20BrNO3. The minimum atomic E-state index is 0.000743. The topological polar surface area (TPSA) is 55.5 Å². The highest BCUT2D eigenvalue weighted by Gasteiger charge is 2.25. The summed E-state index contributed by atoms with van der Waals surface area (Å²) in [6, 6.07) is 15.9. The molecule has 1 heterocycles. The number of nitrogens with zero attached hydrogens (tertiary/aromatic N) is 1. The van der Waals surface area contributed by atoms with Crippen LogP contribution < -0.4 is 4.74 Å². The molecule has 1 N–H and O–H groups in total. The number of aryl methyl sites for hydroxylation is 1. The van der Waals surface area contributed by atoms with Crippen molar-refractivity contribution >= 4 is 15.9 Å². The van der Waals surface area contributed by atoms with E-state index in [9.17, 15) is 5.11 Å². The number of benzene rings is 2. The Morgan fingerprint density at radius 1 is 1.12 bits per heavy atom. The Kier molecular flexibility index (Phi) is 5.56. The van der Waals surface area contributed by atoms with Crippen LogP contribution in [0, 0.1) is 6.92 Å². The highest BCUT2D eigenvalue weighted by molar-refractivity contribution is 9.10. The number of rotatable bonds is 6. The predicted molar refractivity (Wildman–Crippen MR) is 101 cm³/mol. The van der Waals surface area contributed by atoms with Crippen molar-refractivity contribution in [1.82, 2.24) is 5.16 Å². The zero-order valence-electron chi connectivity index (χ0n) is 14.2. The van der Waals surface area contributed by atoms with Gasteiger partial charge in [0.25, 0.3) is 0 Å². The summed E-state index contributed by atoms with van der Waals surface area (Å²) in [5, 5.41) is 13.8. The summed E-state index contributed by atoms with van der Waals surface area (Å²) >= 11 is 3.45. The van der Waals surface area contributed by atoms with Gasteiger partial charge in [-0.15, -0.1) is 0 Å². The van der Waals surface area contributed by atoms with Crippen molar-refractivity contribution in [1.29, 1.82) is 0 Å². The molecule has 3 aromatic rings. The summed E-state index contributed by atoms with van der Waals surface area (Å²) in [4.78, 5) is 0. The van der Waals surface area contributed by atoms with Crippen LogP contribution >= 0.6 is 15.9 Å². The van der Waals surface area contributed by atoms with Gasteiger partial charge < -0.3 is 14.4 Å². The largest absolute Gasteiger partial charge is 0.497 e. The first kappa shape index (κ1) is 17.7. The summed E-state index contributed by atoms with van der Waals surface area (Å²) < 4.78 is 11.9. The molecule has 0 radical (unpaired) electrons. The number of hydrogen-bond acceptors (Lipinski definition) is 4. The second kappa shape index (κ2) is 7.85. The molecule has 0 aliphatic rings. The normalized spacial score (nSPS) is 12.2. The van der Waals surface area contributed by atoms with Gasteiger partial charge in [0, 0.05) is 28.1 Å². The Morgan fingerprint density at radius 3 is 2.40 bits per heavy atom. The van der Waals surface area contributed by atoms with Crippen molar-refractivity contribution in [2.75, 3.05) is 13.7 Å². The SMILES string of the molecule is COc1ccc(C(CCO)c2c(C)noc2-c2ccc(Br)cc2)cc1. The molecule has 0 bridgehead atoms. The molecule has 130 valence electrons. The van der Waals surface area contributed by atoms with E-state index in [2.05, 4.69) is 21.1 Å². The van der Waals surface area contributed by atoms with Gasteiger partial charge >= 0.3 is 0 Å². The maximum Gasteiger partial charge on any atom is 0.170 e. The lowest BCUT2D eigenvalue weighted by Gasteiger charge is -2.17. The van der Waals surface area contributed by atoms with E-state index in [1.165, 1.54) is 0 Å². The molecule has 1 atom stereocenters. The van der Waals surface area contributed by atoms with Crippen LogP contribution in [-0.2, 0) is 0 Å². The standard InChI is InChI=1S/C20H20BrNO3/c1-13-19(20(25-22-13)15-3-7-16(21)8-4-15)18(11-12-23)14-5-9-17(24-2)10-6-14/h3-10,18,23H,11-12H2,1-2H3. The van der Waals surface area contributed by atoms with Gasteiger partial charge in [-0.1, -0.05) is 45.4 Å². The number of ether oxygens (including phenoxy) is 1. The van der Waals surface area contributed by atoms with Crippen molar-refractivity contribution in [3.05, 3.63) is 69.8 Å². The van der Waals surface area contributed by atoms with Crippen molar-refractivity contribution in [3.63, 3.8) is 0 Å². The molecule has 1 aromatic heterocycles. The van der Waals surface area contributed by atoms with Crippen LogP contribution in [0.5, 0.6) is 5.75 Å². The van der Waals surface area contributed by atoms with E-state index in [1.807, 2.05) is 55.5 Å². The third-order valence-electron chi connectivity index (χ3n) is 4.30. The maximum absolute atomic E-state index is 9.60. The quantitative estimate of drug-likeness (QED) is 0.635. The Hall–Kier alpha value is -2.11. The Labute approximate surface area is 155 Å². The van der Waals surface area contributed by atoms with Crippen LogP contribution in [0.1, 0.15) is 29.2 Å². The number of methoxy groups -OCH3 is 1. The molecule has 0 aliphatic carbocycles. The second-order valence-electron chi connectivity index (χ2n) is 5.86. The molecule has 25 heavy (non-hydrogen) atoms. The lowest BCUT2D eigenvalue weighted by molar-refractivity contribution is 0.281. The average molecular weight is 402 g/mol. The predicted octanol–water partition coefficient (Wildman–Crippen LogP) is 4.94.